The molecule has 1 N–H and O–H groups in total. The maximum Gasteiger partial charge on any atom is 0.0328 e. The summed E-state index contributed by atoms with van der Waals surface area (Å²) in [6.07, 6.45) is 5.08. The largest absolute Gasteiger partial charge is 0.376 e. The Morgan fingerprint density at radius 3 is 2.63 bits per heavy atom. The number of hydrogen-bond donors (Lipinski definition) is 1. The van der Waals surface area contributed by atoms with Gasteiger partial charge in [-0.05, 0) is 58.9 Å². The number of nitrogens with one attached hydrogen (secondary N) is 1. The second-order valence-corrected chi connectivity index (χ2v) is 6.59. The summed E-state index contributed by atoms with van der Waals surface area (Å²) in [6, 6.07) is 0.733. The molecule has 1 heterocycles. The number of rotatable bonds is 7. The topological polar surface area (TPSA) is 18.5 Å². The van der Waals surface area contributed by atoms with Crippen molar-refractivity contribution >= 4 is 0 Å². The molecule has 0 saturated carbocycles. The zero-order valence-corrected chi connectivity index (χ0v) is 13.8. The van der Waals surface area contributed by atoms with Crippen molar-refractivity contribution < 1.29 is 0 Å². The minimum Gasteiger partial charge on any atom is -0.376 e. The Bertz CT molecular complexity index is 296. The SMILES string of the molecule is CCN(/C=C(\C)C(C)(C)CNC)CC1CCCN1C. The van der Waals surface area contributed by atoms with Gasteiger partial charge >= 0.3 is 0 Å². The van der Waals surface area contributed by atoms with E-state index in [-0.39, 0.29) is 5.41 Å². The average molecular weight is 267 g/mol. The highest BCUT2D eigenvalue weighted by atomic mass is 15.2. The van der Waals surface area contributed by atoms with Crippen LogP contribution >= 0.6 is 0 Å². The Labute approximate surface area is 120 Å². The zero-order chi connectivity index (χ0) is 14.5. The molecule has 0 aliphatic carbocycles. The normalized spacial score (nSPS) is 22.0. The molecule has 112 valence electrons. The summed E-state index contributed by atoms with van der Waals surface area (Å²) in [5, 5.41) is 3.29. The van der Waals surface area contributed by atoms with Crippen LogP contribution in [0.3, 0.4) is 0 Å². The van der Waals surface area contributed by atoms with Gasteiger partial charge in [-0.1, -0.05) is 19.4 Å². The summed E-state index contributed by atoms with van der Waals surface area (Å²) in [4.78, 5) is 4.99. The van der Waals surface area contributed by atoms with Crippen molar-refractivity contribution in [2.45, 2.75) is 46.6 Å². The van der Waals surface area contributed by atoms with Gasteiger partial charge in [-0.25, -0.2) is 0 Å². The molecule has 0 amide bonds. The van der Waals surface area contributed by atoms with Gasteiger partial charge in [0.15, 0.2) is 0 Å². The smallest absolute Gasteiger partial charge is 0.0328 e. The van der Waals surface area contributed by atoms with Crippen molar-refractivity contribution in [2.75, 3.05) is 40.3 Å². The van der Waals surface area contributed by atoms with Gasteiger partial charge in [0.25, 0.3) is 0 Å². The highest BCUT2D eigenvalue weighted by molar-refractivity contribution is 5.09. The van der Waals surface area contributed by atoms with Crippen LogP contribution < -0.4 is 5.32 Å². The van der Waals surface area contributed by atoms with E-state index < -0.39 is 0 Å². The average Bonchev–Trinajstić information content (AvgIpc) is 2.73. The maximum atomic E-state index is 3.29. The molecule has 3 heteroatoms. The van der Waals surface area contributed by atoms with Crippen molar-refractivity contribution in [3.05, 3.63) is 11.8 Å². The lowest BCUT2D eigenvalue weighted by atomic mass is 9.85. The van der Waals surface area contributed by atoms with Crippen LogP contribution in [-0.2, 0) is 0 Å². The van der Waals surface area contributed by atoms with Gasteiger partial charge in [0.1, 0.15) is 0 Å². The van der Waals surface area contributed by atoms with Gasteiger partial charge in [0.05, 0.1) is 0 Å². The summed E-state index contributed by atoms with van der Waals surface area (Å²) in [7, 11) is 4.28. The first-order valence-electron chi connectivity index (χ1n) is 7.68. The molecule has 1 aliphatic rings. The van der Waals surface area contributed by atoms with Gasteiger partial charge in [0, 0.05) is 25.7 Å². The van der Waals surface area contributed by atoms with Gasteiger partial charge in [-0.15, -0.1) is 0 Å². The zero-order valence-electron chi connectivity index (χ0n) is 13.8. The lowest BCUT2D eigenvalue weighted by Gasteiger charge is -2.31. The first-order chi connectivity index (χ1) is 8.90. The Morgan fingerprint density at radius 2 is 2.16 bits per heavy atom. The van der Waals surface area contributed by atoms with Crippen molar-refractivity contribution in [3.63, 3.8) is 0 Å². The molecule has 0 aromatic rings. The molecule has 1 aliphatic heterocycles. The molecule has 19 heavy (non-hydrogen) atoms. The van der Waals surface area contributed by atoms with Crippen LogP contribution in [-0.4, -0.2) is 56.1 Å². The first kappa shape index (κ1) is 16.5. The van der Waals surface area contributed by atoms with Gasteiger partial charge in [0.2, 0.25) is 0 Å². The Balaban J connectivity index is 2.64. The summed E-state index contributed by atoms with van der Waals surface area (Å²) >= 11 is 0. The minimum absolute atomic E-state index is 0.226. The summed E-state index contributed by atoms with van der Waals surface area (Å²) in [5.74, 6) is 0. The Kier molecular flexibility index (Phi) is 6.34. The van der Waals surface area contributed by atoms with Gasteiger partial charge in [-0.3, -0.25) is 0 Å². The molecule has 1 atom stereocenters. The monoisotopic (exact) mass is 267 g/mol. The van der Waals surface area contributed by atoms with E-state index in [9.17, 15) is 0 Å². The molecule has 3 nitrogen and oxygen atoms in total. The third-order valence-electron chi connectivity index (χ3n) is 4.59. The fraction of sp³-hybridized carbons (Fsp3) is 0.875. The molecule has 1 unspecified atom stereocenters. The van der Waals surface area contributed by atoms with E-state index in [2.05, 4.69) is 56.1 Å². The highest BCUT2D eigenvalue weighted by Gasteiger charge is 2.23. The van der Waals surface area contributed by atoms with E-state index in [1.807, 2.05) is 7.05 Å². The molecular formula is C16H33N3. The lowest BCUT2D eigenvalue weighted by Crippen LogP contribution is -2.37. The fourth-order valence-corrected chi connectivity index (χ4v) is 2.78. The van der Waals surface area contributed by atoms with E-state index in [1.165, 1.54) is 31.5 Å². The van der Waals surface area contributed by atoms with E-state index >= 15 is 0 Å². The van der Waals surface area contributed by atoms with Crippen LogP contribution in [0.15, 0.2) is 11.8 Å². The molecular weight excluding hydrogens is 234 g/mol. The number of hydrogen-bond acceptors (Lipinski definition) is 3. The summed E-state index contributed by atoms with van der Waals surface area (Å²) < 4.78 is 0. The van der Waals surface area contributed by atoms with Crippen molar-refractivity contribution in [1.82, 2.24) is 15.1 Å². The molecule has 0 aromatic heterocycles. The highest BCUT2D eigenvalue weighted by Crippen LogP contribution is 2.25. The molecule has 0 aromatic carbocycles. The van der Waals surface area contributed by atoms with Crippen LogP contribution in [0, 0.1) is 5.41 Å². The maximum absolute atomic E-state index is 3.29. The van der Waals surface area contributed by atoms with Crippen molar-refractivity contribution in [2.24, 2.45) is 5.41 Å². The third kappa shape index (κ3) is 4.81. The standard InChI is InChI=1S/C16H33N3/c1-7-19(12-15-9-8-10-18(15)6)11-14(2)16(3,4)13-17-5/h11,15,17H,7-10,12-13H2,1-6H3/b14-11+. The third-order valence-corrected chi connectivity index (χ3v) is 4.59. The van der Waals surface area contributed by atoms with E-state index in [4.69, 9.17) is 0 Å². The van der Waals surface area contributed by atoms with E-state index in [0.29, 0.717) is 0 Å². The predicted molar refractivity (Wildman–Crippen MR) is 84.4 cm³/mol. The van der Waals surface area contributed by atoms with E-state index in [0.717, 1.165) is 19.1 Å². The molecule has 1 fully saturated rings. The summed E-state index contributed by atoms with van der Waals surface area (Å²) in [6.45, 7) is 13.7. The first-order valence-corrected chi connectivity index (χ1v) is 7.68. The molecule has 0 spiro atoms. The van der Waals surface area contributed by atoms with Crippen LogP contribution in [0.4, 0.5) is 0 Å². The van der Waals surface area contributed by atoms with Crippen LogP contribution in [0.2, 0.25) is 0 Å². The Morgan fingerprint density at radius 1 is 1.47 bits per heavy atom. The molecule has 1 saturated heterocycles. The van der Waals surface area contributed by atoms with E-state index in [1.54, 1.807) is 0 Å². The lowest BCUT2D eigenvalue weighted by molar-refractivity contribution is 0.239. The second-order valence-electron chi connectivity index (χ2n) is 6.59. The van der Waals surface area contributed by atoms with Gasteiger partial charge in [-0.2, -0.15) is 0 Å². The second kappa shape index (κ2) is 7.30. The molecule has 1 rings (SSSR count). The molecule has 0 bridgehead atoms. The minimum atomic E-state index is 0.226. The quantitative estimate of drug-likeness (QED) is 0.765. The summed E-state index contributed by atoms with van der Waals surface area (Å²) in [5.41, 5.74) is 1.69. The van der Waals surface area contributed by atoms with Crippen LogP contribution in [0.5, 0.6) is 0 Å². The number of likely N-dealkylation sites (tertiary alicyclic amines) is 1. The predicted octanol–water partition coefficient (Wildman–Crippen LogP) is 2.55. The number of likely N-dealkylation sites (N-methyl/N-ethyl adjacent to an activating group) is 2. The van der Waals surface area contributed by atoms with Crippen LogP contribution in [0.1, 0.15) is 40.5 Å². The van der Waals surface area contributed by atoms with Crippen molar-refractivity contribution in [3.8, 4) is 0 Å². The molecule has 0 radical (unpaired) electrons. The Hall–Kier alpha value is -0.540. The number of nitrogens with zero attached hydrogens (tertiary/aromatic N) is 2. The van der Waals surface area contributed by atoms with Crippen molar-refractivity contribution in [1.29, 1.82) is 0 Å². The fourth-order valence-electron chi connectivity index (χ4n) is 2.78. The van der Waals surface area contributed by atoms with Crippen LogP contribution in [0.25, 0.3) is 0 Å². The van der Waals surface area contributed by atoms with Gasteiger partial charge < -0.3 is 15.1 Å².